The number of hydrogen-bond acceptors (Lipinski definition) is 6. The topological polar surface area (TPSA) is 80.1 Å². The number of rotatable bonds is 5. The molecule has 1 fully saturated rings. The van der Waals surface area contributed by atoms with E-state index in [9.17, 15) is 9.59 Å². The Morgan fingerprint density at radius 2 is 2.00 bits per heavy atom. The molecule has 5 rings (SSSR count). The number of nitrogens with zero attached hydrogens (tertiary/aromatic N) is 4. The molecule has 0 unspecified atom stereocenters. The first kappa shape index (κ1) is 20.3. The van der Waals surface area contributed by atoms with Crippen LogP contribution in [-0.2, 0) is 9.59 Å². The van der Waals surface area contributed by atoms with Gasteiger partial charge in [-0.15, -0.1) is 21.5 Å². The highest BCUT2D eigenvalue weighted by Crippen LogP contribution is 2.43. The van der Waals surface area contributed by atoms with Crippen molar-refractivity contribution < 1.29 is 9.59 Å². The maximum atomic E-state index is 13.6. The first-order valence-corrected chi connectivity index (χ1v) is 12.0. The molecule has 1 aliphatic carbocycles. The van der Waals surface area contributed by atoms with Crippen molar-refractivity contribution in [2.45, 2.75) is 55.6 Å². The summed E-state index contributed by atoms with van der Waals surface area (Å²) in [7, 11) is 0. The minimum Gasteiger partial charge on any atom is -0.322 e. The Hall–Kier alpha value is -2.65. The minimum absolute atomic E-state index is 0.125. The molecule has 1 N–H and O–H groups in total. The van der Waals surface area contributed by atoms with Crippen LogP contribution in [0.2, 0.25) is 0 Å². The van der Waals surface area contributed by atoms with E-state index in [0.29, 0.717) is 17.4 Å². The number of nitrogens with one attached hydrogen (secondary N) is 1. The van der Waals surface area contributed by atoms with Crippen molar-refractivity contribution in [3.63, 3.8) is 0 Å². The molecule has 3 aromatic rings. The van der Waals surface area contributed by atoms with Gasteiger partial charge in [0, 0.05) is 6.04 Å². The van der Waals surface area contributed by atoms with Crippen molar-refractivity contribution in [2.75, 3.05) is 10.2 Å². The standard InChI is InChI=1S/C22H23N5O2S2/c1-13(19(28)27-16-8-5-4-7-15(16)23-20(29)22(27,2)3)31-21-25-24-18(17-9-6-12-30-17)26(21)14-10-11-14/h4-9,12-14H,10-11H2,1-3H3,(H,23,29)/t13-/m0/s1. The van der Waals surface area contributed by atoms with Crippen LogP contribution < -0.4 is 10.2 Å². The number of aromatic nitrogens is 3. The number of fused-ring (bicyclic) bond motifs is 1. The van der Waals surface area contributed by atoms with E-state index in [4.69, 9.17) is 0 Å². The number of anilines is 2. The number of para-hydroxylation sites is 2. The zero-order valence-corrected chi connectivity index (χ0v) is 19.2. The average Bonchev–Trinajstić information content (AvgIpc) is 3.26. The molecular weight excluding hydrogens is 430 g/mol. The fourth-order valence-corrected chi connectivity index (χ4v) is 5.49. The molecule has 1 aliphatic heterocycles. The molecule has 2 aliphatic rings. The van der Waals surface area contributed by atoms with E-state index in [1.54, 1.807) is 30.1 Å². The predicted molar refractivity (Wildman–Crippen MR) is 124 cm³/mol. The van der Waals surface area contributed by atoms with Crippen LogP contribution in [0.15, 0.2) is 46.9 Å². The third-order valence-electron chi connectivity index (χ3n) is 5.68. The highest BCUT2D eigenvalue weighted by Gasteiger charge is 2.45. The Morgan fingerprint density at radius 3 is 2.71 bits per heavy atom. The number of carbonyl (C=O) groups excluding carboxylic acids is 2. The number of amides is 2. The molecule has 0 bridgehead atoms. The molecule has 160 valence electrons. The van der Waals surface area contributed by atoms with Gasteiger partial charge in [-0.05, 0) is 57.2 Å². The van der Waals surface area contributed by atoms with Crippen LogP contribution >= 0.6 is 23.1 Å². The molecule has 9 heteroatoms. The number of carbonyl (C=O) groups is 2. The first-order chi connectivity index (χ1) is 14.9. The normalized spacial score (nSPS) is 18.4. The van der Waals surface area contributed by atoms with Crippen LogP contribution in [0.25, 0.3) is 10.7 Å². The summed E-state index contributed by atoms with van der Waals surface area (Å²) in [4.78, 5) is 29.1. The summed E-state index contributed by atoms with van der Waals surface area (Å²) in [5.74, 6) is 0.542. The van der Waals surface area contributed by atoms with Gasteiger partial charge in [0.05, 0.1) is 21.5 Å². The summed E-state index contributed by atoms with van der Waals surface area (Å²) in [6.45, 7) is 5.42. The first-order valence-electron chi connectivity index (χ1n) is 10.3. The molecule has 1 aromatic carbocycles. The molecule has 1 atom stereocenters. The molecule has 7 nitrogen and oxygen atoms in total. The summed E-state index contributed by atoms with van der Waals surface area (Å²) < 4.78 is 2.17. The Kier molecular flexibility index (Phi) is 4.90. The van der Waals surface area contributed by atoms with E-state index < -0.39 is 10.8 Å². The van der Waals surface area contributed by atoms with E-state index >= 15 is 0 Å². The fourth-order valence-electron chi connectivity index (χ4n) is 3.83. The van der Waals surface area contributed by atoms with Crippen molar-refractivity contribution >= 4 is 46.3 Å². The van der Waals surface area contributed by atoms with Gasteiger partial charge >= 0.3 is 0 Å². The molecule has 0 radical (unpaired) electrons. The summed E-state index contributed by atoms with van der Waals surface area (Å²) in [5.41, 5.74) is 0.373. The van der Waals surface area contributed by atoms with Crippen LogP contribution in [-0.4, -0.2) is 37.4 Å². The van der Waals surface area contributed by atoms with Gasteiger partial charge in [0.2, 0.25) is 11.8 Å². The third-order valence-corrected chi connectivity index (χ3v) is 7.59. The zero-order valence-electron chi connectivity index (χ0n) is 17.5. The maximum Gasteiger partial charge on any atom is 0.250 e. The van der Waals surface area contributed by atoms with Crippen LogP contribution in [0.1, 0.15) is 39.7 Å². The van der Waals surface area contributed by atoms with Gasteiger partial charge < -0.3 is 5.32 Å². The lowest BCUT2D eigenvalue weighted by atomic mass is 9.96. The van der Waals surface area contributed by atoms with E-state index in [1.807, 2.05) is 48.7 Å². The average molecular weight is 454 g/mol. The largest absolute Gasteiger partial charge is 0.322 e. The van der Waals surface area contributed by atoms with Crippen molar-refractivity contribution in [3.05, 3.63) is 41.8 Å². The van der Waals surface area contributed by atoms with Gasteiger partial charge in [-0.3, -0.25) is 19.1 Å². The van der Waals surface area contributed by atoms with Crippen LogP contribution in [0.3, 0.4) is 0 Å². The summed E-state index contributed by atoms with van der Waals surface area (Å²) in [6.07, 6.45) is 2.19. The second-order valence-corrected chi connectivity index (χ2v) is 10.6. The van der Waals surface area contributed by atoms with Crippen molar-refractivity contribution in [3.8, 4) is 10.7 Å². The molecule has 0 saturated heterocycles. The second kappa shape index (κ2) is 7.49. The van der Waals surface area contributed by atoms with Gasteiger partial charge in [-0.25, -0.2) is 0 Å². The second-order valence-electron chi connectivity index (χ2n) is 8.35. The molecule has 31 heavy (non-hydrogen) atoms. The van der Waals surface area contributed by atoms with Crippen molar-refractivity contribution in [1.29, 1.82) is 0 Å². The predicted octanol–water partition coefficient (Wildman–Crippen LogP) is 4.59. The van der Waals surface area contributed by atoms with Crippen molar-refractivity contribution in [1.82, 2.24) is 14.8 Å². The van der Waals surface area contributed by atoms with Crippen LogP contribution in [0.4, 0.5) is 11.4 Å². The monoisotopic (exact) mass is 453 g/mol. The third kappa shape index (κ3) is 3.45. The summed E-state index contributed by atoms with van der Waals surface area (Å²) in [6, 6.07) is 11.8. The Labute approximate surface area is 188 Å². The Bertz CT molecular complexity index is 1150. The van der Waals surface area contributed by atoms with Gasteiger partial charge in [0.25, 0.3) is 0 Å². The van der Waals surface area contributed by atoms with E-state index in [2.05, 4.69) is 20.1 Å². The zero-order chi connectivity index (χ0) is 21.8. The quantitative estimate of drug-likeness (QED) is 0.572. The smallest absolute Gasteiger partial charge is 0.250 e. The van der Waals surface area contributed by atoms with Crippen molar-refractivity contribution in [2.24, 2.45) is 0 Å². The molecular formula is C22H23N5O2S2. The highest BCUT2D eigenvalue weighted by molar-refractivity contribution is 8.00. The van der Waals surface area contributed by atoms with Crippen LogP contribution in [0, 0.1) is 0 Å². The lowest BCUT2D eigenvalue weighted by Crippen LogP contribution is -2.60. The van der Waals surface area contributed by atoms with E-state index in [-0.39, 0.29) is 11.8 Å². The Balaban J connectivity index is 1.46. The number of thiophene rings is 1. The minimum atomic E-state index is -0.994. The number of benzene rings is 1. The molecule has 2 aromatic heterocycles. The van der Waals surface area contributed by atoms with Gasteiger partial charge in [-0.2, -0.15) is 0 Å². The maximum absolute atomic E-state index is 13.6. The Morgan fingerprint density at radius 1 is 1.23 bits per heavy atom. The van der Waals surface area contributed by atoms with Gasteiger partial charge in [-0.1, -0.05) is 30.0 Å². The number of thioether (sulfide) groups is 1. The lowest BCUT2D eigenvalue weighted by Gasteiger charge is -2.43. The highest BCUT2D eigenvalue weighted by atomic mass is 32.2. The molecule has 1 saturated carbocycles. The van der Waals surface area contributed by atoms with E-state index in [1.165, 1.54) is 11.8 Å². The molecule has 0 spiro atoms. The molecule has 2 amide bonds. The van der Waals surface area contributed by atoms with Gasteiger partial charge in [0.15, 0.2) is 11.0 Å². The lowest BCUT2D eigenvalue weighted by molar-refractivity contribution is -0.126. The SMILES string of the molecule is C[C@H](Sc1nnc(-c2cccs2)n1C1CC1)C(=O)N1c2ccccc2NC(=O)C1(C)C. The summed E-state index contributed by atoms with van der Waals surface area (Å²) in [5, 5.41) is 14.1. The van der Waals surface area contributed by atoms with Gasteiger partial charge in [0.1, 0.15) is 5.54 Å². The van der Waals surface area contributed by atoms with E-state index in [0.717, 1.165) is 28.7 Å². The number of hydrogen-bond donors (Lipinski definition) is 1. The molecule has 3 heterocycles. The van der Waals surface area contributed by atoms with Crippen LogP contribution in [0.5, 0.6) is 0 Å². The summed E-state index contributed by atoms with van der Waals surface area (Å²) >= 11 is 3.04. The fraction of sp³-hybridized carbons (Fsp3) is 0.364.